The van der Waals surface area contributed by atoms with E-state index in [2.05, 4.69) is 11.8 Å². The summed E-state index contributed by atoms with van der Waals surface area (Å²) < 4.78 is 4.89. The predicted octanol–water partition coefficient (Wildman–Crippen LogP) is 1.34. The van der Waals surface area contributed by atoms with Gasteiger partial charge in [-0.25, -0.2) is 0 Å². The molecule has 0 aromatic heterocycles. The first kappa shape index (κ1) is 12.0. The molecule has 5 heteroatoms. The lowest BCUT2D eigenvalue weighted by Gasteiger charge is -2.00. The van der Waals surface area contributed by atoms with Crippen LogP contribution in [0.1, 0.15) is 12.0 Å². The van der Waals surface area contributed by atoms with Crippen LogP contribution in [-0.4, -0.2) is 23.7 Å². The molecule has 1 N–H and O–H groups in total. The molecule has 0 aliphatic carbocycles. The van der Waals surface area contributed by atoms with Crippen LogP contribution < -0.4 is 4.74 Å². The molecule has 0 unspecified atom stereocenters. The van der Waals surface area contributed by atoms with Crippen molar-refractivity contribution >= 4 is 5.69 Å². The van der Waals surface area contributed by atoms with E-state index in [1.165, 1.54) is 19.2 Å². The van der Waals surface area contributed by atoms with Gasteiger partial charge in [0.05, 0.1) is 24.7 Å². The lowest BCUT2D eigenvalue weighted by Crippen LogP contribution is -1.93. The fourth-order valence-electron chi connectivity index (χ4n) is 1.11. The van der Waals surface area contributed by atoms with Gasteiger partial charge in [-0.2, -0.15) is 0 Å². The molecule has 0 fully saturated rings. The van der Waals surface area contributed by atoms with Crippen LogP contribution in [0.2, 0.25) is 0 Å². The molecule has 0 spiro atoms. The zero-order valence-corrected chi connectivity index (χ0v) is 8.77. The van der Waals surface area contributed by atoms with Gasteiger partial charge in [-0.3, -0.25) is 10.1 Å². The highest BCUT2D eigenvalue weighted by atomic mass is 16.6. The molecule has 0 aliphatic rings. The average molecular weight is 221 g/mol. The number of hydrogen-bond donors (Lipinski definition) is 1. The largest absolute Gasteiger partial charge is 0.497 e. The van der Waals surface area contributed by atoms with E-state index >= 15 is 0 Å². The van der Waals surface area contributed by atoms with E-state index in [1.54, 1.807) is 6.07 Å². The Hall–Kier alpha value is -2.06. The van der Waals surface area contributed by atoms with Crippen LogP contribution in [0.4, 0.5) is 5.69 Å². The van der Waals surface area contributed by atoms with Gasteiger partial charge in [-0.15, -0.1) is 0 Å². The summed E-state index contributed by atoms with van der Waals surface area (Å²) in [6.45, 7) is -0.0586. The Balaban J connectivity index is 3.09. The van der Waals surface area contributed by atoms with Crippen molar-refractivity contribution in [2.24, 2.45) is 0 Å². The Kier molecular flexibility index (Phi) is 4.30. The van der Waals surface area contributed by atoms with Crippen molar-refractivity contribution in [1.82, 2.24) is 0 Å². The molecule has 0 saturated carbocycles. The van der Waals surface area contributed by atoms with Gasteiger partial charge in [0.25, 0.3) is 5.69 Å². The van der Waals surface area contributed by atoms with E-state index in [9.17, 15) is 10.1 Å². The predicted molar refractivity (Wildman–Crippen MR) is 58.2 cm³/mol. The number of aliphatic hydroxyl groups is 1. The van der Waals surface area contributed by atoms with Gasteiger partial charge in [0.2, 0.25) is 0 Å². The molecule has 0 amide bonds. The Morgan fingerprint density at radius 2 is 2.31 bits per heavy atom. The topological polar surface area (TPSA) is 72.6 Å². The summed E-state index contributed by atoms with van der Waals surface area (Å²) in [5.41, 5.74) is 0.226. The summed E-state index contributed by atoms with van der Waals surface area (Å²) in [7, 11) is 1.44. The monoisotopic (exact) mass is 221 g/mol. The van der Waals surface area contributed by atoms with Gasteiger partial charge in [0.1, 0.15) is 11.3 Å². The minimum Gasteiger partial charge on any atom is -0.497 e. The van der Waals surface area contributed by atoms with E-state index in [4.69, 9.17) is 9.84 Å². The number of aliphatic hydroxyl groups excluding tert-OH is 1. The third-order valence-electron chi connectivity index (χ3n) is 1.86. The van der Waals surface area contributed by atoms with Crippen LogP contribution in [0, 0.1) is 22.0 Å². The van der Waals surface area contributed by atoms with Gasteiger partial charge in [0, 0.05) is 6.42 Å². The number of methoxy groups -OCH3 is 1. The zero-order valence-electron chi connectivity index (χ0n) is 8.77. The number of nitro groups is 1. The summed E-state index contributed by atoms with van der Waals surface area (Å²) >= 11 is 0. The summed E-state index contributed by atoms with van der Waals surface area (Å²) in [6, 6.07) is 4.46. The molecular weight excluding hydrogens is 210 g/mol. The average Bonchev–Trinajstić information content (AvgIpc) is 2.29. The first-order valence-electron chi connectivity index (χ1n) is 4.61. The Labute approximate surface area is 92.8 Å². The summed E-state index contributed by atoms with van der Waals surface area (Å²) in [6.07, 6.45) is 0.295. The van der Waals surface area contributed by atoms with Crippen molar-refractivity contribution in [1.29, 1.82) is 0 Å². The van der Waals surface area contributed by atoms with E-state index in [-0.39, 0.29) is 12.3 Å². The first-order chi connectivity index (χ1) is 7.69. The molecule has 0 aliphatic heterocycles. The maximum Gasteiger partial charge on any atom is 0.288 e. The summed E-state index contributed by atoms with van der Waals surface area (Å²) in [5, 5.41) is 19.3. The zero-order chi connectivity index (χ0) is 12.0. The van der Waals surface area contributed by atoms with Crippen LogP contribution >= 0.6 is 0 Å². The van der Waals surface area contributed by atoms with Gasteiger partial charge < -0.3 is 9.84 Å². The van der Waals surface area contributed by atoms with E-state index in [0.717, 1.165) is 0 Å². The molecule has 0 heterocycles. The normalized spacial score (nSPS) is 9.12. The highest BCUT2D eigenvalue weighted by Crippen LogP contribution is 2.23. The van der Waals surface area contributed by atoms with E-state index < -0.39 is 4.92 Å². The van der Waals surface area contributed by atoms with Gasteiger partial charge in [-0.1, -0.05) is 11.8 Å². The van der Waals surface area contributed by atoms with Crippen molar-refractivity contribution in [2.45, 2.75) is 6.42 Å². The smallest absolute Gasteiger partial charge is 0.288 e. The van der Waals surface area contributed by atoms with Gasteiger partial charge in [0.15, 0.2) is 0 Å². The van der Waals surface area contributed by atoms with Crippen molar-refractivity contribution in [2.75, 3.05) is 13.7 Å². The van der Waals surface area contributed by atoms with Crippen molar-refractivity contribution in [3.05, 3.63) is 33.9 Å². The molecule has 1 aromatic carbocycles. The third kappa shape index (κ3) is 2.97. The molecule has 1 aromatic rings. The molecule has 0 atom stereocenters. The number of nitro benzene ring substituents is 1. The highest BCUT2D eigenvalue weighted by molar-refractivity contribution is 5.54. The summed E-state index contributed by atoms with van der Waals surface area (Å²) in [5.74, 6) is 5.69. The van der Waals surface area contributed by atoms with Crippen LogP contribution in [0.5, 0.6) is 5.75 Å². The van der Waals surface area contributed by atoms with Crippen LogP contribution in [0.15, 0.2) is 18.2 Å². The standard InChI is InChI=1S/C11H11NO4/c1-16-10-6-5-9(4-2-3-7-13)11(8-10)12(14)15/h5-6,8,13H,3,7H2,1H3. The molecule has 16 heavy (non-hydrogen) atoms. The van der Waals surface area contributed by atoms with E-state index in [0.29, 0.717) is 17.7 Å². The number of nitrogens with zero attached hydrogens (tertiary/aromatic N) is 1. The molecule has 1 rings (SSSR count). The van der Waals surface area contributed by atoms with Gasteiger partial charge in [-0.05, 0) is 12.1 Å². The number of rotatable bonds is 3. The minimum atomic E-state index is -0.508. The second-order valence-corrected chi connectivity index (χ2v) is 2.92. The fourth-order valence-corrected chi connectivity index (χ4v) is 1.11. The number of ether oxygens (including phenoxy) is 1. The molecular formula is C11H11NO4. The quantitative estimate of drug-likeness (QED) is 0.475. The third-order valence-corrected chi connectivity index (χ3v) is 1.86. The lowest BCUT2D eigenvalue weighted by atomic mass is 10.1. The van der Waals surface area contributed by atoms with Crippen molar-refractivity contribution < 1.29 is 14.8 Å². The second kappa shape index (κ2) is 5.73. The molecule has 84 valence electrons. The maximum absolute atomic E-state index is 10.8. The lowest BCUT2D eigenvalue weighted by molar-refractivity contribution is -0.385. The van der Waals surface area contributed by atoms with Crippen molar-refractivity contribution in [3.63, 3.8) is 0 Å². The second-order valence-electron chi connectivity index (χ2n) is 2.92. The molecule has 0 bridgehead atoms. The maximum atomic E-state index is 10.8. The van der Waals surface area contributed by atoms with Gasteiger partial charge >= 0.3 is 0 Å². The molecule has 0 radical (unpaired) electrons. The van der Waals surface area contributed by atoms with Crippen LogP contribution in [0.3, 0.4) is 0 Å². The van der Waals surface area contributed by atoms with E-state index in [1.807, 2.05) is 0 Å². The van der Waals surface area contributed by atoms with Crippen LogP contribution in [0.25, 0.3) is 0 Å². The Morgan fingerprint density at radius 1 is 1.56 bits per heavy atom. The highest BCUT2D eigenvalue weighted by Gasteiger charge is 2.12. The Bertz CT molecular complexity index is 445. The fraction of sp³-hybridized carbons (Fsp3) is 0.273. The molecule has 5 nitrogen and oxygen atoms in total. The number of hydrogen-bond acceptors (Lipinski definition) is 4. The number of benzene rings is 1. The van der Waals surface area contributed by atoms with Crippen molar-refractivity contribution in [3.8, 4) is 17.6 Å². The Morgan fingerprint density at radius 3 is 2.88 bits per heavy atom. The first-order valence-corrected chi connectivity index (χ1v) is 4.61. The summed E-state index contributed by atoms with van der Waals surface area (Å²) in [4.78, 5) is 10.2. The molecule has 0 saturated heterocycles. The van der Waals surface area contributed by atoms with Crippen LogP contribution in [-0.2, 0) is 0 Å². The minimum absolute atomic E-state index is 0.0586. The SMILES string of the molecule is COc1ccc(C#CCCO)c([N+](=O)[O-])c1.